The van der Waals surface area contributed by atoms with Crippen molar-refractivity contribution in [3.05, 3.63) is 24.9 Å². The third-order valence-corrected chi connectivity index (χ3v) is 3.14. The first-order valence-electron chi connectivity index (χ1n) is 7.42. The molecule has 5 nitrogen and oxygen atoms in total. The average molecular weight is 296 g/mol. The molecule has 0 aromatic rings. The quantitative estimate of drug-likeness (QED) is 0.624. The fourth-order valence-electron chi connectivity index (χ4n) is 1.68. The van der Waals surface area contributed by atoms with E-state index in [1.807, 2.05) is 13.8 Å². The van der Waals surface area contributed by atoms with Gasteiger partial charge in [-0.25, -0.2) is 4.79 Å². The lowest BCUT2D eigenvalue weighted by atomic mass is 10.1. The Hall–Kier alpha value is -1.62. The molecule has 0 unspecified atom stereocenters. The van der Waals surface area contributed by atoms with E-state index in [1.165, 1.54) is 6.42 Å². The van der Waals surface area contributed by atoms with E-state index in [4.69, 9.17) is 10.5 Å². The molecular weight excluding hydrogens is 268 g/mol. The molecule has 1 amide bonds. The highest BCUT2D eigenvalue weighted by atomic mass is 16.5. The van der Waals surface area contributed by atoms with Crippen LogP contribution in [-0.2, 0) is 14.3 Å². The maximum Gasteiger partial charge on any atom is 0.333 e. The fraction of sp³-hybridized carbons (Fsp3) is 0.625. The Morgan fingerprint density at radius 2 is 2.10 bits per heavy atom. The van der Waals surface area contributed by atoms with Gasteiger partial charge in [-0.05, 0) is 25.0 Å². The third kappa shape index (κ3) is 8.30. The van der Waals surface area contributed by atoms with Crippen molar-refractivity contribution < 1.29 is 14.3 Å². The van der Waals surface area contributed by atoms with E-state index < -0.39 is 0 Å². The molecule has 21 heavy (non-hydrogen) atoms. The molecule has 0 aliphatic carbocycles. The molecule has 0 atom stereocenters. The van der Waals surface area contributed by atoms with Crippen LogP contribution in [0.25, 0.3) is 0 Å². The molecule has 1 heterocycles. The Morgan fingerprint density at radius 1 is 1.43 bits per heavy atom. The van der Waals surface area contributed by atoms with Crippen LogP contribution in [0.5, 0.6) is 0 Å². The van der Waals surface area contributed by atoms with Crippen molar-refractivity contribution in [2.45, 2.75) is 39.5 Å². The fourth-order valence-corrected chi connectivity index (χ4v) is 1.68. The molecule has 5 heteroatoms. The summed E-state index contributed by atoms with van der Waals surface area (Å²) in [5, 5.41) is 0. The van der Waals surface area contributed by atoms with Crippen LogP contribution in [0.3, 0.4) is 0 Å². The first-order chi connectivity index (χ1) is 9.93. The van der Waals surface area contributed by atoms with Crippen molar-refractivity contribution >= 4 is 11.9 Å². The number of esters is 1. The number of carbonyl (C=O) groups excluding carboxylic acids is 2. The van der Waals surface area contributed by atoms with Gasteiger partial charge < -0.3 is 15.4 Å². The van der Waals surface area contributed by atoms with Crippen molar-refractivity contribution in [1.29, 1.82) is 0 Å². The number of likely N-dealkylation sites (tertiary alicyclic amines) is 1. The highest BCUT2D eigenvalue weighted by Gasteiger charge is 2.12. The minimum Gasteiger partial charge on any atom is -0.461 e. The summed E-state index contributed by atoms with van der Waals surface area (Å²) in [4.78, 5) is 23.8. The molecule has 0 radical (unpaired) electrons. The van der Waals surface area contributed by atoms with Crippen molar-refractivity contribution in [1.82, 2.24) is 4.90 Å². The lowest BCUT2D eigenvalue weighted by molar-refractivity contribution is -0.139. The Labute approximate surface area is 127 Å². The van der Waals surface area contributed by atoms with E-state index in [2.05, 4.69) is 13.2 Å². The lowest BCUT2D eigenvalue weighted by Crippen LogP contribution is -2.23. The van der Waals surface area contributed by atoms with Gasteiger partial charge in [-0.2, -0.15) is 0 Å². The molecule has 1 aliphatic heterocycles. The normalized spacial score (nSPS) is 14.9. The summed E-state index contributed by atoms with van der Waals surface area (Å²) in [5.41, 5.74) is 5.64. The summed E-state index contributed by atoms with van der Waals surface area (Å²) in [6.07, 6.45) is 5.68. The molecular formula is C16H28N2O3. The number of hydrogen-bond acceptors (Lipinski definition) is 4. The van der Waals surface area contributed by atoms with E-state index in [1.54, 1.807) is 11.1 Å². The van der Waals surface area contributed by atoms with Crippen LogP contribution < -0.4 is 5.73 Å². The van der Waals surface area contributed by atoms with Crippen LogP contribution in [0.1, 0.15) is 39.5 Å². The van der Waals surface area contributed by atoms with Gasteiger partial charge in [0.25, 0.3) is 0 Å². The molecule has 1 saturated heterocycles. The van der Waals surface area contributed by atoms with Gasteiger partial charge in [0, 0.05) is 25.1 Å². The van der Waals surface area contributed by atoms with Gasteiger partial charge >= 0.3 is 5.97 Å². The Kier molecular flexibility index (Phi) is 10.2. The molecule has 1 fully saturated rings. The number of hydrogen-bond donors (Lipinski definition) is 1. The number of rotatable bonds is 5. The molecule has 1 rings (SSSR count). The topological polar surface area (TPSA) is 72.6 Å². The SMILES string of the molecule is C=C(C(=O)OCCN)C(C)C.C=CN1CCCCCC1=O. The smallest absolute Gasteiger partial charge is 0.333 e. The minimum absolute atomic E-state index is 0.139. The molecule has 0 aromatic heterocycles. The predicted octanol–water partition coefficient (Wildman–Crippen LogP) is 2.23. The standard InChI is InChI=1S/C8H15NO2.C8H13NO/c1-6(2)7(3)8(10)11-5-4-9;1-2-9-7-5-3-4-6-8(9)10/h6H,3-5,9H2,1-2H3;2H,1,3-7H2. The van der Waals surface area contributed by atoms with Crippen LogP contribution in [0.4, 0.5) is 0 Å². The maximum atomic E-state index is 11.1. The van der Waals surface area contributed by atoms with Crippen molar-refractivity contribution in [3.8, 4) is 0 Å². The summed E-state index contributed by atoms with van der Waals surface area (Å²) in [7, 11) is 0. The number of nitrogens with zero attached hydrogens (tertiary/aromatic N) is 1. The minimum atomic E-state index is -0.342. The highest BCUT2D eigenvalue weighted by molar-refractivity contribution is 5.88. The van der Waals surface area contributed by atoms with Crippen molar-refractivity contribution in [2.24, 2.45) is 11.7 Å². The first kappa shape index (κ1) is 19.4. The zero-order valence-corrected chi connectivity index (χ0v) is 13.3. The molecule has 0 aromatic carbocycles. The van der Waals surface area contributed by atoms with Crippen LogP contribution in [-0.4, -0.2) is 36.5 Å². The molecule has 0 spiro atoms. The Bertz CT molecular complexity index is 365. The second kappa shape index (κ2) is 11.1. The van der Waals surface area contributed by atoms with Crippen LogP contribution in [0, 0.1) is 5.92 Å². The summed E-state index contributed by atoms with van der Waals surface area (Å²) < 4.78 is 4.75. The van der Waals surface area contributed by atoms with E-state index >= 15 is 0 Å². The summed E-state index contributed by atoms with van der Waals surface area (Å²) in [5.74, 6) is 0.0261. The summed E-state index contributed by atoms with van der Waals surface area (Å²) in [6.45, 7) is 12.5. The maximum absolute atomic E-state index is 11.1. The average Bonchev–Trinajstić information content (AvgIpc) is 2.68. The molecule has 0 saturated carbocycles. The number of carbonyl (C=O) groups is 2. The van der Waals surface area contributed by atoms with Gasteiger partial charge in [-0.1, -0.05) is 33.4 Å². The van der Waals surface area contributed by atoms with E-state index in [0.717, 1.165) is 19.4 Å². The molecule has 1 aliphatic rings. The van der Waals surface area contributed by atoms with E-state index in [0.29, 0.717) is 18.5 Å². The Morgan fingerprint density at radius 3 is 2.62 bits per heavy atom. The summed E-state index contributed by atoms with van der Waals surface area (Å²) >= 11 is 0. The van der Waals surface area contributed by atoms with Gasteiger partial charge in [-0.3, -0.25) is 4.79 Å². The Balaban J connectivity index is 0.000000382. The number of ether oxygens (including phenoxy) is 1. The predicted molar refractivity (Wildman–Crippen MR) is 84.4 cm³/mol. The zero-order valence-electron chi connectivity index (χ0n) is 13.3. The zero-order chi connectivity index (χ0) is 16.3. The van der Waals surface area contributed by atoms with Gasteiger partial charge in [0.1, 0.15) is 6.61 Å². The lowest BCUT2D eigenvalue weighted by Gasteiger charge is -2.13. The second-order valence-corrected chi connectivity index (χ2v) is 5.18. The van der Waals surface area contributed by atoms with Gasteiger partial charge in [0.2, 0.25) is 5.91 Å². The number of nitrogens with two attached hydrogens (primary N) is 1. The second-order valence-electron chi connectivity index (χ2n) is 5.18. The van der Waals surface area contributed by atoms with Gasteiger partial charge in [-0.15, -0.1) is 0 Å². The molecule has 120 valence electrons. The van der Waals surface area contributed by atoms with Gasteiger partial charge in [0.15, 0.2) is 0 Å². The molecule has 0 bridgehead atoms. The van der Waals surface area contributed by atoms with Crippen molar-refractivity contribution in [3.63, 3.8) is 0 Å². The number of amides is 1. The van der Waals surface area contributed by atoms with Crippen LogP contribution >= 0.6 is 0 Å². The van der Waals surface area contributed by atoms with E-state index in [-0.39, 0.29) is 24.4 Å². The highest BCUT2D eigenvalue weighted by Crippen LogP contribution is 2.10. The van der Waals surface area contributed by atoms with Gasteiger partial charge in [0.05, 0.1) is 0 Å². The monoisotopic (exact) mass is 296 g/mol. The van der Waals surface area contributed by atoms with E-state index in [9.17, 15) is 9.59 Å². The molecule has 2 N–H and O–H groups in total. The third-order valence-electron chi connectivity index (χ3n) is 3.14. The van der Waals surface area contributed by atoms with Crippen LogP contribution in [0.2, 0.25) is 0 Å². The summed E-state index contributed by atoms with van der Waals surface area (Å²) in [6, 6.07) is 0. The first-order valence-corrected chi connectivity index (χ1v) is 7.42. The van der Waals surface area contributed by atoms with Crippen molar-refractivity contribution in [2.75, 3.05) is 19.7 Å². The largest absolute Gasteiger partial charge is 0.461 e. The van der Waals surface area contributed by atoms with Crippen LogP contribution in [0.15, 0.2) is 24.9 Å².